The van der Waals surface area contributed by atoms with E-state index < -0.39 is 10.1 Å². The van der Waals surface area contributed by atoms with Gasteiger partial charge < -0.3 is 10.1 Å². The van der Waals surface area contributed by atoms with Crippen LogP contribution in [-0.4, -0.2) is 30.4 Å². The molecule has 0 amide bonds. The van der Waals surface area contributed by atoms with Crippen molar-refractivity contribution in [1.29, 1.82) is 0 Å². The SMILES string of the molecule is [B]C([B])(C)c1cnn(C2CC2)c1[N+](=O)[O-]. The van der Waals surface area contributed by atoms with Gasteiger partial charge in [-0.1, -0.05) is 17.2 Å². The van der Waals surface area contributed by atoms with Crippen LogP contribution in [0.5, 0.6) is 0 Å². The summed E-state index contributed by atoms with van der Waals surface area (Å²) in [4.78, 5) is 10.4. The first-order valence-corrected chi connectivity index (χ1v) is 4.71. The lowest BCUT2D eigenvalue weighted by atomic mass is 9.53. The molecule has 2 rings (SSSR count). The Labute approximate surface area is 89.8 Å². The number of hydrogen-bond donors (Lipinski definition) is 0. The lowest BCUT2D eigenvalue weighted by molar-refractivity contribution is -0.393. The van der Waals surface area contributed by atoms with Gasteiger partial charge in [-0.05, 0) is 17.8 Å². The van der Waals surface area contributed by atoms with E-state index in [1.807, 2.05) is 0 Å². The molecule has 0 bridgehead atoms. The van der Waals surface area contributed by atoms with Crippen molar-refractivity contribution in [3.8, 4) is 0 Å². The van der Waals surface area contributed by atoms with Crippen LogP contribution in [-0.2, 0) is 5.21 Å². The van der Waals surface area contributed by atoms with Crippen LogP contribution in [0.3, 0.4) is 0 Å². The van der Waals surface area contributed by atoms with E-state index in [2.05, 4.69) is 5.10 Å². The summed E-state index contributed by atoms with van der Waals surface area (Å²) < 4.78 is 1.41. The third kappa shape index (κ3) is 1.78. The predicted molar refractivity (Wildman–Crippen MR) is 56.0 cm³/mol. The van der Waals surface area contributed by atoms with Gasteiger partial charge in [0, 0.05) is 0 Å². The van der Waals surface area contributed by atoms with Crippen LogP contribution in [0.25, 0.3) is 0 Å². The van der Waals surface area contributed by atoms with E-state index in [1.54, 1.807) is 0 Å². The summed E-state index contributed by atoms with van der Waals surface area (Å²) in [5.74, 6) is -0.0787. The highest BCUT2D eigenvalue weighted by Crippen LogP contribution is 2.39. The molecule has 0 spiro atoms. The number of nitro groups is 1. The molecule has 0 N–H and O–H groups in total. The Bertz CT molecular complexity index is 407. The third-order valence-electron chi connectivity index (χ3n) is 2.42. The van der Waals surface area contributed by atoms with Gasteiger partial charge in [-0.2, -0.15) is 0 Å². The van der Waals surface area contributed by atoms with Crippen molar-refractivity contribution in [3.05, 3.63) is 21.9 Å². The van der Waals surface area contributed by atoms with E-state index in [0.29, 0.717) is 0 Å². The molecular weight excluding hydrogens is 192 g/mol. The Balaban J connectivity index is 2.51. The maximum atomic E-state index is 10.9. The van der Waals surface area contributed by atoms with E-state index in [1.165, 1.54) is 17.8 Å². The second-order valence-corrected chi connectivity index (χ2v) is 4.10. The molecule has 0 unspecified atom stereocenters. The largest absolute Gasteiger partial charge is 0.358 e. The topological polar surface area (TPSA) is 61.0 Å². The fourth-order valence-corrected chi connectivity index (χ4v) is 1.50. The summed E-state index contributed by atoms with van der Waals surface area (Å²) in [7, 11) is 11.3. The molecule has 1 heterocycles. The zero-order chi connectivity index (χ0) is 11.2. The van der Waals surface area contributed by atoms with E-state index >= 15 is 0 Å². The Kier molecular flexibility index (Phi) is 2.13. The Morgan fingerprint density at radius 2 is 2.27 bits per heavy atom. The first-order valence-electron chi connectivity index (χ1n) is 4.71. The molecule has 0 atom stereocenters. The third-order valence-corrected chi connectivity index (χ3v) is 2.42. The summed E-state index contributed by atoms with van der Waals surface area (Å²) in [6.07, 6.45) is 3.23. The highest BCUT2D eigenvalue weighted by Gasteiger charge is 2.38. The van der Waals surface area contributed by atoms with Crippen LogP contribution in [0.2, 0.25) is 0 Å². The normalized spacial score (nSPS) is 16.6. The van der Waals surface area contributed by atoms with Crippen LogP contribution < -0.4 is 0 Å². The number of hydrogen-bond acceptors (Lipinski definition) is 3. The molecule has 0 aromatic carbocycles. The molecule has 15 heavy (non-hydrogen) atoms. The molecule has 1 aliphatic rings. The van der Waals surface area contributed by atoms with Crippen molar-refractivity contribution < 1.29 is 4.92 Å². The molecule has 5 nitrogen and oxygen atoms in total. The van der Waals surface area contributed by atoms with Crippen LogP contribution >= 0.6 is 0 Å². The molecule has 0 aliphatic heterocycles. The zero-order valence-corrected chi connectivity index (χ0v) is 8.38. The van der Waals surface area contributed by atoms with E-state index in [4.69, 9.17) is 15.7 Å². The molecule has 1 fully saturated rings. The highest BCUT2D eigenvalue weighted by atomic mass is 16.6. The molecule has 74 valence electrons. The quantitative estimate of drug-likeness (QED) is 0.409. The van der Waals surface area contributed by atoms with Gasteiger partial charge >= 0.3 is 5.82 Å². The van der Waals surface area contributed by atoms with Crippen LogP contribution in [0.4, 0.5) is 5.82 Å². The summed E-state index contributed by atoms with van der Waals surface area (Å²) in [5.41, 5.74) is 0.277. The summed E-state index contributed by atoms with van der Waals surface area (Å²) in [6, 6.07) is 0.140. The Hall–Kier alpha value is -1.26. The van der Waals surface area contributed by atoms with Gasteiger partial charge in [-0.3, -0.25) is 0 Å². The first kappa shape index (κ1) is 10.3. The highest BCUT2D eigenvalue weighted by molar-refractivity contribution is 6.40. The standard InChI is InChI=1S/C8H9B2N3O2/c1-8(9,10)6-4-11-12(5-2-3-5)7(6)13(14)15/h4-5H,2-3H2,1H3. The van der Waals surface area contributed by atoms with E-state index in [0.717, 1.165) is 12.8 Å². The predicted octanol–water partition coefficient (Wildman–Crippen LogP) is 0.636. The van der Waals surface area contributed by atoms with Gasteiger partial charge in [0.15, 0.2) is 0 Å². The van der Waals surface area contributed by atoms with E-state index in [-0.39, 0.29) is 17.4 Å². The second-order valence-electron chi connectivity index (χ2n) is 4.10. The lowest BCUT2D eigenvalue weighted by Gasteiger charge is -2.16. The maximum absolute atomic E-state index is 10.9. The summed E-state index contributed by atoms with van der Waals surface area (Å²) in [5, 5.41) is 13.7. The average molecular weight is 201 g/mol. The molecule has 0 saturated heterocycles. The van der Waals surface area contributed by atoms with Gasteiger partial charge in [0.2, 0.25) is 0 Å². The second kappa shape index (κ2) is 3.12. The van der Waals surface area contributed by atoms with Crippen molar-refractivity contribution in [2.24, 2.45) is 0 Å². The molecular formula is C8H9B2N3O2. The molecule has 4 radical (unpaired) electrons. The monoisotopic (exact) mass is 201 g/mol. The molecule has 7 heteroatoms. The minimum atomic E-state index is -1.23. The number of nitrogens with zero attached hydrogens (tertiary/aromatic N) is 3. The molecule has 1 aliphatic carbocycles. The molecule has 1 saturated carbocycles. The van der Waals surface area contributed by atoms with Crippen molar-refractivity contribution in [2.75, 3.05) is 0 Å². The summed E-state index contributed by atoms with van der Waals surface area (Å²) in [6.45, 7) is 1.52. The van der Waals surface area contributed by atoms with Crippen molar-refractivity contribution >= 4 is 21.5 Å². The van der Waals surface area contributed by atoms with E-state index in [9.17, 15) is 10.1 Å². The fourth-order valence-electron chi connectivity index (χ4n) is 1.50. The van der Waals surface area contributed by atoms with Crippen molar-refractivity contribution in [2.45, 2.75) is 31.0 Å². The van der Waals surface area contributed by atoms with Gasteiger partial charge in [0.1, 0.15) is 6.04 Å². The number of aromatic nitrogens is 2. The molecule has 1 aromatic heterocycles. The van der Waals surface area contributed by atoms with Crippen molar-refractivity contribution in [3.63, 3.8) is 0 Å². The first-order chi connectivity index (χ1) is 6.91. The van der Waals surface area contributed by atoms with Gasteiger partial charge in [0.25, 0.3) is 0 Å². The van der Waals surface area contributed by atoms with Gasteiger partial charge in [0.05, 0.1) is 27.5 Å². The molecule has 1 aromatic rings. The smallest absolute Gasteiger partial charge is 0.347 e. The Morgan fingerprint density at radius 3 is 2.67 bits per heavy atom. The Morgan fingerprint density at radius 1 is 1.67 bits per heavy atom. The van der Waals surface area contributed by atoms with Crippen molar-refractivity contribution in [1.82, 2.24) is 9.78 Å². The van der Waals surface area contributed by atoms with Gasteiger partial charge in [-0.25, -0.2) is 0 Å². The van der Waals surface area contributed by atoms with Crippen LogP contribution in [0.1, 0.15) is 31.4 Å². The van der Waals surface area contributed by atoms with Gasteiger partial charge in [-0.15, -0.1) is 4.68 Å². The minimum absolute atomic E-state index is 0.0787. The average Bonchev–Trinajstić information content (AvgIpc) is 2.81. The summed E-state index contributed by atoms with van der Waals surface area (Å²) >= 11 is 0. The zero-order valence-electron chi connectivity index (χ0n) is 8.38. The number of rotatable bonds is 3. The minimum Gasteiger partial charge on any atom is -0.358 e. The van der Waals surface area contributed by atoms with Crippen LogP contribution in [0, 0.1) is 10.1 Å². The fraction of sp³-hybridized carbons (Fsp3) is 0.625. The van der Waals surface area contributed by atoms with Crippen LogP contribution in [0.15, 0.2) is 6.20 Å². The lowest BCUT2D eigenvalue weighted by Crippen LogP contribution is -2.23. The maximum Gasteiger partial charge on any atom is 0.347 e.